The third-order valence-corrected chi connectivity index (χ3v) is 6.95. The Morgan fingerprint density at radius 1 is 1.22 bits per heavy atom. The fourth-order valence-electron chi connectivity index (χ4n) is 2.60. The van der Waals surface area contributed by atoms with Gasteiger partial charge in [0.25, 0.3) is 5.91 Å². The quantitative estimate of drug-likeness (QED) is 0.417. The highest BCUT2D eigenvalue weighted by molar-refractivity contribution is 14.1. The molecule has 0 aliphatic carbocycles. The van der Waals surface area contributed by atoms with Crippen LogP contribution in [-0.2, 0) is 9.53 Å². The molecule has 1 amide bonds. The molecule has 1 atom stereocenters. The molecule has 2 aromatic rings. The van der Waals surface area contributed by atoms with Gasteiger partial charge >= 0.3 is 5.97 Å². The number of hydrogen-bond donors (Lipinski definition) is 1. The number of ether oxygens (including phenoxy) is 2. The van der Waals surface area contributed by atoms with Crippen molar-refractivity contribution in [2.45, 2.75) is 39.7 Å². The van der Waals surface area contributed by atoms with Gasteiger partial charge < -0.3 is 14.8 Å². The van der Waals surface area contributed by atoms with Crippen molar-refractivity contribution >= 4 is 45.8 Å². The van der Waals surface area contributed by atoms with E-state index in [2.05, 4.69) is 53.4 Å². The van der Waals surface area contributed by atoms with E-state index in [0.29, 0.717) is 4.88 Å². The minimum absolute atomic E-state index is 0.106. The van der Waals surface area contributed by atoms with Crippen LogP contribution < -0.4 is 10.1 Å². The number of amides is 1. The highest BCUT2D eigenvalue weighted by Crippen LogP contribution is 2.32. The maximum Gasteiger partial charge on any atom is 0.307 e. The van der Waals surface area contributed by atoms with Gasteiger partial charge in [0.15, 0.2) is 0 Å². The maximum atomic E-state index is 12.2. The molecule has 1 heterocycles. The van der Waals surface area contributed by atoms with E-state index < -0.39 is 0 Å². The van der Waals surface area contributed by atoms with Crippen molar-refractivity contribution in [2.24, 2.45) is 0 Å². The summed E-state index contributed by atoms with van der Waals surface area (Å²) >= 11 is 3.76. The SMILES string of the molecule is CCC(Oc1cc(C)c(I)c(C)c1)c1ccc(C(=O)NCCC(=O)OC)s1. The van der Waals surface area contributed by atoms with Gasteiger partial charge in [-0.15, -0.1) is 11.3 Å². The lowest BCUT2D eigenvalue weighted by molar-refractivity contribution is -0.140. The van der Waals surface area contributed by atoms with Gasteiger partial charge in [-0.05, 0) is 78.3 Å². The number of methoxy groups -OCH3 is 1. The summed E-state index contributed by atoms with van der Waals surface area (Å²) in [4.78, 5) is 25.0. The van der Waals surface area contributed by atoms with Crippen LogP contribution in [0.25, 0.3) is 0 Å². The van der Waals surface area contributed by atoms with E-state index in [1.165, 1.54) is 33.1 Å². The van der Waals surface area contributed by atoms with E-state index in [0.717, 1.165) is 17.0 Å². The molecule has 1 aromatic carbocycles. The smallest absolute Gasteiger partial charge is 0.307 e. The molecule has 1 N–H and O–H groups in total. The van der Waals surface area contributed by atoms with Crippen LogP contribution >= 0.6 is 33.9 Å². The molecular formula is C20H24INO4S. The largest absolute Gasteiger partial charge is 0.485 e. The zero-order valence-electron chi connectivity index (χ0n) is 15.9. The standard InChI is InChI=1S/C20H24INO4S/c1-5-15(26-14-10-12(2)19(21)13(3)11-14)16-6-7-17(27-16)20(24)22-9-8-18(23)25-4/h6-7,10-11,15H,5,8-9H2,1-4H3,(H,22,24). The lowest BCUT2D eigenvalue weighted by Crippen LogP contribution is -2.25. The Morgan fingerprint density at radius 2 is 1.89 bits per heavy atom. The van der Waals surface area contributed by atoms with Crippen LogP contribution in [0, 0.1) is 17.4 Å². The first-order valence-electron chi connectivity index (χ1n) is 8.73. The molecule has 0 fully saturated rings. The molecule has 1 aromatic heterocycles. The van der Waals surface area contributed by atoms with Crippen molar-refractivity contribution < 1.29 is 19.1 Å². The predicted octanol–water partition coefficient (Wildman–Crippen LogP) is 4.79. The number of thiophene rings is 1. The van der Waals surface area contributed by atoms with E-state index in [1.54, 1.807) is 6.07 Å². The van der Waals surface area contributed by atoms with Gasteiger partial charge in [-0.2, -0.15) is 0 Å². The van der Waals surface area contributed by atoms with E-state index in [4.69, 9.17) is 4.74 Å². The number of rotatable bonds is 8. The van der Waals surface area contributed by atoms with Gasteiger partial charge in [0.05, 0.1) is 18.4 Å². The third kappa shape index (κ3) is 5.93. The highest BCUT2D eigenvalue weighted by Gasteiger charge is 2.17. The molecule has 0 saturated carbocycles. The van der Waals surface area contributed by atoms with Crippen molar-refractivity contribution in [3.8, 4) is 5.75 Å². The number of hydrogen-bond acceptors (Lipinski definition) is 5. The summed E-state index contributed by atoms with van der Waals surface area (Å²) in [7, 11) is 1.33. The van der Waals surface area contributed by atoms with E-state index in [9.17, 15) is 9.59 Å². The lowest BCUT2D eigenvalue weighted by Gasteiger charge is -2.18. The Hall–Kier alpha value is -1.61. The molecule has 0 aliphatic heterocycles. The molecule has 7 heteroatoms. The summed E-state index contributed by atoms with van der Waals surface area (Å²) in [6.07, 6.45) is 0.853. The van der Waals surface area contributed by atoms with Gasteiger partial charge in [-0.3, -0.25) is 9.59 Å². The second kappa shape index (κ2) is 10.1. The van der Waals surface area contributed by atoms with Crippen molar-refractivity contribution in [3.63, 3.8) is 0 Å². The molecule has 0 saturated heterocycles. The van der Waals surface area contributed by atoms with Gasteiger partial charge in [-0.25, -0.2) is 0 Å². The zero-order chi connectivity index (χ0) is 20.0. The number of carbonyl (C=O) groups excluding carboxylic acids is 2. The summed E-state index contributed by atoms with van der Waals surface area (Å²) in [5, 5.41) is 2.73. The average molecular weight is 501 g/mol. The molecule has 146 valence electrons. The lowest BCUT2D eigenvalue weighted by atomic mass is 10.1. The number of carbonyl (C=O) groups is 2. The highest BCUT2D eigenvalue weighted by atomic mass is 127. The van der Waals surface area contributed by atoms with Crippen molar-refractivity contribution in [1.29, 1.82) is 0 Å². The van der Waals surface area contributed by atoms with E-state index >= 15 is 0 Å². The Bertz CT molecular complexity index is 795. The first-order chi connectivity index (χ1) is 12.8. The van der Waals surface area contributed by atoms with E-state index in [1.807, 2.05) is 18.2 Å². The second-order valence-corrected chi connectivity index (χ2v) is 8.36. The van der Waals surface area contributed by atoms with Crippen LogP contribution in [0.4, 0.5) is 0 Å². The first-order valence-corrected chi connectivity index (χ1v) is 10.6. The van der Waals surface area contributed by atoms with Crippen LogP contribution in [0.1, 0.15) is 51.5 Å². The molecule has 0 radical (unpaired) electrons. The van der Waals surface area contributed by atoms with Gasteiger partial charge in [0.2, 0.25) is 0 Å². The molecule has 0 aliphatic rings. The van der Waals surface area contributed by atoms with Crippen LogP contribution in [0.3, 0.4) is 0 Å². The number of halogens is 1. The van der Waals surface area contributed by atoms with Crippen molar-refractivity contribution in [3.05, 3.63) is 48.7 Å². The van der Waals surface area contributed by atoms with Gasteiger partial charge in [0, 0.05) is 15.0 Å². The zero-order valence-corrected chi connectivity index (χ0v) is 18.9. The van der Waals surface area contributed by atoms with Crippen LogP contribution in [-0.4, -0.2) is 25.5 Å². The minimum atomic E-state index is -0.343. The summed E-state index contributed by atoms with van der Waals surface area (Å²) in [6.45, 7) is 6.47. The van der Waals surface area contributed by atoms with Gasteiger partial charge in [0.1, 0.15) is 11.9 Å². The van der Waals surface area contributed by atoms with Crippen molar-refractivity contribution in [2.75, 3.05) is 13.7 Å². The number of esters is 1. The molecule has 5 nitrogen and oxygen atoms in total. The molecule has 0 spiro atoms. The third-order valence-electron chi connectivity index (χ3n) is 4.07. The Morgan fingerprint density at radius 3 is 2.48 bits per heavy atom. The van der Waals surface area contributed by atoms with Crippen LogP contribution in [0.5, 0.6) is 5.75 Å². The number of nitrogens with one attached hydrogen (secondary N) is 1. The fourth-order valence-corrected chi connectivity index (χ4v) is 3.94. The Balaban J connectivity index is 2.04. The monoisotopic (exact) mass is 501 g/mol. The minimum Gasteiger partial charge on any atom is -0.485 e. The van der Waals surface area contributed by atoms with E-state index in [-0.39, 0.29) is 30.9 Å². The topological polar surface area (TPSA) is 64.6 Å². The summed E-state index contributed by atoms with van der Waals surface area (Å²) in [6, 6.07) is 7.82. The predicted molar refractivity (Wildman–Crippen MR) is 116 cm³/mol. The van der Waals surface area contributed by atoms with Crippen molar-refractivity contribution in [1.82, 2.24) is 5.32 Å². The fraction of sp³-hybridized carbons (Fsp3) is 0.400. The second-order valence-electron chi connectivity index (χ2n) is 6.17. The van der Waals surface area contributed by atoms with Crippen LogP contribution in [0.15, 0.2) is 24.3 Å². The van der Waals surface area contributed by atoms with Gasteiger partial charge in [-0.1, -0.05) is 6.92 Å². The molecular weight excluding hydrogens is 477 g/mol. The molecule has 0 bridgehead atoms. The molecule has 1 unspecified atom stereocenters. The molecule has 27 heavy (non-hydrogen) atoms. The van der Waals surface area contributed by atoms with Crippen LogP contribution in [0.2, 0.25) is 0 Å². The molecule has 2 rings (SSSR count). The summed E-state index contributed by atoms with van der Waals surface area (Å²) in [5.41, 5.74) is 2.38. The first kappa shape index (κ1) is 21.7. The summed E-state index contributed by atoms with van der Waals surface area (Å²) in [5.74, 6) is 0.311. The summed E-state index contributed by atoms with van der Waals surface area (Å²) < 4.78 is 12.0. The average Bonchev–Trinajstić information content (AvgIpc) is 3.13. The Labute approximate surface area is 177 Å². The Kier molecular flexibility index (Phi) is 8.09. The number of benzene rings is 1. The maximum absolute atomic E-state index is 12.2. The number of aryl methyl sites for hydroxylation is 2. The normalized spacial score (nSPS) is 11.7.